The maximum absolute atomic E-state index is 5.70. The van der Waals surface area contributed by atoms with E-state index in [0.29, 0.717) is 6.10 Å². The van der Waals surface area contributed by atoms with Gasteiger partial charge in [-0.15, -0.1) is 24.0 Å². The lowest BCUT2D eigenvalue weighted by molar-refractivity contribution is 0.0984. The Kier molecular flexibility index (Phi) is 25.4. The maximum Gasteiger partial charge on any atom is 0.0673 e. The quantitative estimate of drug-likeness (QED) is 0.120. The fourth-order valence-corrected chi connectivity index (χ4v) is 5.28. The molecule has 0 aliphatic carbocycles. The molecule has 1 fully saturated rings. The average molecular weight is 557 g/mol. The number of ether oxygens (including phenoxy) is 1. The van der Waals surface area contributed by atoms with Gasteiger partial charge in [-0.3, -0.25) is 0 Å². The number of rotatable bonds is 21. The second kappa shape index (κ2) is 24.6. The minimum Gasteiger partial charge on any atom is -0.381 e. The first-order chi connectivity index (χ1) is 14.4. The van der Waals surface area contributed by atoms with Crippen LogP contribution in [-0.2, 0) is 4.74 Å². The summed E-state index contributed by atoms with van der Waals surface area (Å²) in [6, 6.07) is 0. The SMILES string of the molecule is CCCCCCCCCCCCCCCCSCC(CCN1CCNCC1)OC.I. The average Bonchev–Trinajstić information content (AvgIpc) is 2.76. The molecule has 1 aliphatic rings. The highest BCUT2D eigenvalue weighted by Crippen LogP contribution is 2.15. The first kappa shape index (κ1) is 31.0. The molecule has 1 saturated heterocycles. The van der Waals surface area contributed by atoms with Gasteiger partial charge in [-0.05, 0) is 18.6 Å². The van der Waals surface area contributed by atoms with E-state index in [1.807, 2.05) is 7.11 Å². The normalized spacial score (nSPS) is 15.8. The second-order valence-electron chi connectivity index (χ2n) is 8.91. The van der Waals surface area contributed by atoms with Crippen LogP contribution in [-0.4, -0.2) is 62.3 Å². The van der Waals surface area contributed by atoms with E-state index in [0.717, 1.165) is 13.1 Å². The van der Waals surface area contributed by atoms with Crippen molar-refractivity contribution in [1.29, 1.82) is 0 Å². The maximum atomic E-state index is 5.70. The van der Waals surface area contributed by atoms with Crippen molar-refractivity contribution in [2.24, 2.45) is 0 Å². The summed E-state index contributed by atoms with van der Waals surface area (Å²) in [7, 11) is 1.88. The van der Waals surface area contributed by atoms with Crippen molar-refractivity contribution in [3.63, 3.8) is 0 Å². The van der Waals surface area contributed by atoms with E-state index in [-0.39, 0.29) is 24.0 Å². The molecule has 30 heavy (non-hydrogen) atoms. The van der Waals surface area contributed by atoms with Gasteiger partial charge < -0.3 is 15.0 Å². The van der Waals surface area contributed by atoms with Crippen LogP contribution < -0.4 is 5.32 Å². The molecular weight excluding hydrogens is 503 g/mol. The second-order valence-corrected chi connectivity index (χ2v) is 10.1. The molecule has 3 nitrogen and oxygen atoms in total. The van der Waals surface area contributed by atoms with Crippen molar-refractivity contribution in [3.05, 3.63) is 0 Å². The number of hydrogen-bond donors (Lipinski definition) is 1. The number of thioether (sulfide) groups is 1. The third-order valence-corrected chi connectivity index (χ3v) is 7.44. The van der Waals surface area contributed by atoms with E-state index in [4.69, 9.17) is 4.74 Å². The highest BCUT2D eigenvalue weighted by Gasteiger charge is 2.13. The van der Waals surface area contributed by atoms with Crippen molar-refractivity contribution in [2.45, 2.75) is 109 Å². The van der Waals surface area contributed by atoms with E-state index in [9.17, 15) is 0 Å². The molecule has 1 atom stereocenters. The summed E-state index contributed by atoms with van der Waals surface area (Å²) in [5, 5.41) is 3.42. The highest BCUT2D eigenvalue weighted by atomic mass is 127. The van der Waals surface area contributed by atoms with Crippen molar-refractivity contribution < 1.29 is 4.74 Å². The first-order valence-corrected chi connectivity index (χ1v) is 14.1. The lowest BCUT2D eigenvalue weighted by atomic mass is 10.0. The zero-order valence-corrected chi connectivity index (χ0v) is 23.5. The molecule has 1 rings (SSSR count). The third kappa shape index (κ3) is 19.6. The number of hydrogen-bond acceptors (Lipinski definition) is 4. The predicted molar refractivity (Wildman–Crippen MR) is 148 cm³/mol. The summed E-state index contributed by atoms with van der Waals surface area (Å²) in [5.41, 5.74) is 0. The molecule has 0 amide bonds. The summed E-state index contributed by atoms with van der Waals surface area (Å²) >= 11 is 2.10. The van der Waals surface area contributed by atoms with Gasteiger partial charge in [0.1, 0.15) is 0 Å². The van der Waals surface area contributed by atoms with Crippen LogP contribution in [0, 0.1) is 0 Å². The van der Waals surface area contributed by atoms with Gasteiger partial charge in [0.25, 0.3) is 0 Å². The molecule has 0 aromatic heterocycles. The van der Waals surface area contributed by atoms with Crippen molar-refractivity contribution in [3.8, 4) is 0 Å². The Labute approximate surface area is 210 Å². The molecule has 5 heteroatoms. The molecule has 0 saturated carbocycles. The van der Waals surface area contributed by atoms with Crippen LogP contribution in [0.3, 0.4) is 0 Å². The highest BCUT2D eigenvalue weighted by molar-refractivity contribution is 14.0. The molecule has 0 radical (unpaired) electrons. The first-order valence-electron chi connectivity index (χ1n) is 12.9. The fourth-order valence-electron chi connectivity index (χ4n) is 4.14. The van der Waals surface area contributed by atoms with Crippen molar-refractivity contribution in [1.82, 2.24) is 10.2 Å². The summed E-state index contributed by atoms with van der Waals surface area (Å²) in [6.07, 6.45) is 21.8. The number of halogens is 1. The molecule has 1 N–H and O–H groups in total. The summed E-state index contributed by atoms with van der Waals surface area (Å²) < 4.78 is 5.70. The van der Waals surface area contributed by atoms with Gasteiger partial charge in [-0.1, -0.05) is 90.4 Å². The van der Waals surface area contributed by atoms with Gasteiger partial charge >= 0.3 is 0 Å². The van der Waals surface area contributed by atoms with Crippen LogP contribution in [0.25, 0.3) is 0 Å². The molecule has 0 bridgehead atoms. The van der Waals surface area contributed by atoms with Crippen LogP contribution >= 0.6 is 35.7 Å². The Balaban J connectivity index is 0.00000841. The minimum atomic E-state index is 0. The lowest BCUT2D eigenvalue weighted by Crippen LogP contribution is -2.44. The number of methoxy groups -OCH3 is 1. The molecule has 1 aliphatic heterocycles. The standard InChI is InChI=1S/C25H52N2OS.HI/c1-3-4-5-6-7-8-9-10-11-12-13-14-15-16-23-29-24-25(28-2)17-20-27-21-18-26-19-22-27;/h25-26H,3-24H2,1-2H3;1H. The number of piperazine rings is 1. The minimum absolute atomic E-state index is 0. The third-order valence-electron chi connectivity index (χ3n) is 6.26. The smallest absolute Gasteiger partial charge is 0.0673 e. The van der Waals surface area contributed by atoms with E-state index < -0.39 is 0 Å². The Morgan fingerprint density at radius 3 is 1.80 bits per heavy atom. The molecular formula is C25H53IN2OS. The summed E-state index contributed by atoms with van der Waals surface area (Å²) in [5.74, 6) is 2.48. The van der Waals surface area contributed by atoms with Gasteiger partial charge in [-0.25, -0.2) is 0 Å². The molecule has 0 spiro atoms. The van der Waals surface area contributed by atoms with Crippen LogP contribution in [0.1, 0.15) is 103 Å². The van der Waals surface area contributed by atoms with Crippen LogP contribution in [0.15, 0.2) is 0 Å². The molecule has 0 aromatic rings. The zero-order chi connectivity index (χ0) is 20.8. The van der Waals surface area contributed by atoms with Crippen molar-refractivity contribution in [2.75, 3.05) is 51.3 Å². The molecule has 0 aromatic carbocycles. The zero-order valence-electron chi connectivity index (χ0n) is 20.3. The Morgan fingerprint density at radius 2 is 1.30 bits per heavy atom. The lowest BCUT2D eigenvalue weighted by Gasteiger charge is -2.28. The monoisotopic (exact) mass is 556 g/mol. The van der Waals surface area contributed by atoms with Gasteiger partial charge in [0, 0.05) is 45.6 Å². The van der Waals surface area contributed by atoms with Crippen LogP contribution in [0.4, 0.5) is 0 Å². The summed E-state index contributed by atoms with van der Waals surface area (Å²) in [6.45, 7) is 8.17. The summed E-state index contributed by atoms with van der Waals surface area (Å²) in [4.78, 5) is 2.57. The largest absolute Gasteiger partial charge is 0.381 e. The molecule has 1 heterocycles. The molecule has 1 unspecified atom stereocenters. The Bertz CT molecular complexity index is 330. The van der Waals surface area contributed by atoms with Crippen LogP contribution in [0.5, 0.6) is 0 Å². The van der Waals surface area contributed by atoms with Gasteiger partial charge in [-0.2, -0.15) is 11.8 Å². The van der Waals surface area contributed by atoms with E-state index >= 15 is 0 Å². The molecule has 182 valence electrons. The van der Waals surface area contributed by atoms with Gasteiger partial charge in [0.05, 0.1) is 6.10 Å². The Hall–Kier alpha value is 0.960. The number of nitrogens with zero attached hydrogens (tertiary/aromatic N) is 1. The van der Waals surface area contributed by atoms with E-state index in [1.165, 1.54) is 127 Å². The van der Waals surface area contributed by atoms with Gasteiger partial charge in [0.15, 0.2) is 0 Å². The van der Waals surface area contributed by atoms with Crippen LogP contribution in [0.2, 0.25) is 0 Å². The topological polar surface area (TPSA) is 24.5 Å². The number of nitrogens with one attached hydrogen (secondary N) is 1. The van der Waals surface area contributed by atoms with Crippen molar-refractivity contribution >= 4 is 35.7 Å². The van der Waals surface area contributed by atoms with Gasteiger partial charge in [0.2, 0.25) is 0 Å². The van der Waals surface area contributed by atoms with E-state index in [1.54, 1.807) is 0 Å². The Morgan fingerprint density at radius 1 is 0.800 bits per heavy atom. The number of unbranched alkanes of at least 4 members (excludes halogenated alkanes) is 13. The van der Waals surface area contributed by atoms with E-state index in [2.05, 4.69) is 28.9 Å². The fraction of sp³-hybridized carbons (Fsp3) is 1.00. The predicted octanol–water partition coefficient (Wildman–Crippen LogP) is 7.13.